The smallest absolute Gasteiger partial charge is 0.269 e. The Bertz CT molecular complexity index is 832. The van der Waals surface area contributed by atoms with Gasteiger partial charge in [-0.3, -0.25) is 10.1 Å². The highest BCUT2D eigenvalue weighted by atomic mass is 32.2. The summed E-state index contributed by atoms with van der Waals surface area (Å²) in [4.78, 5) is 10.0. The van der Waals surface area contributed by atoms with E-state index in [0.717, 1.165) is 23.4 Å². The van der Waals surface area contributed by atoms with E-state index < -0.39 is 14.9 Å². The monoisotopic (exact) mass is 364 g/mol. The van der Waals surface area contributed by atoms with E-state index in [9.17, 15) is 18.5 Å². The van der Waals surface area contributed by atoms with E-state index in [1.807, 2.05) is 24.3 Å². The first-order valence-electron chi connectivity index (χ1n) is 7.77. The summed E-state index contributed by atoms with van der Waals surface area (Å²) >= 11 is 0. The summed E-state index contributed by atoms with van der Waals surface area (Å²) < 4.78 is 32.4. The molecule has 0 saturated carbocycles. The quantitative estimate of drug-likeness (QED) is 0.441. The molecule has 0 spiro atoms. The normalized spacial score (nSPS) is 11.5. The van der Waals surface area contributed by atoms with Crippen molar-refractivity contribution in [1.82, 2.24) is 4.72 Å². The number of rotatable bonds is 8. The Hall–Kier alpha value is -2.45. The van der Waals surface area contributed by atoms with Crippen LogP contribution in [-0.4, -0.2) is 26.5 Å². The van der Waals surface area contributed by atoms with Crippen molar-refractivity contribution in [2.45, 2.75) is 24.7 Å². The van der Waals surface area contributed by atoms with Crippen LogP contribution in [0.1, 0.15) is 25.3 Å². The Balaban J connectivity index is 1.94. The Morgan fingerprint density at radius 2 is 1.76 bits per heavy atom. The molecule has 0 fully saturated rings. The average molecular weight is 364 g/mol. The molecule has 0 aliphatic carbocycles. The van der Waals surface area contributed by atoms with Crippen LogP contribution in [0, 0.1) is 10.1 Å². The Labute approximate surface area is 146 Å². The van der Waals surface area contributed by atoms with Gasteiger partial charge in [-0.25, -0.2) is 13.1 Å². The zero-order chi connectivity index (χ0) is 18.4. The molecule has 0 aliphatic heterocycles. The summed E-state index contributed by atoms with van der Waals surface area (Å²) in [5.74, 6) is 1.03. The van der Waals surface area contributed by atoms with Gasteiger partial charge in [0.25, 0.3) is 5.69 Å². The number of benzene rings is 2. The standard InChI is InChI=1S/C17H20N2O5S/c1-13(2)16-5-3-4-6-17(16)24-12-11-18-25(22,23)15-9-7-14(8-10-15)19(20)21/h3-10,13,18H,11-12H2,1-2H3. The fraction of sp³-hybridized carbons (Fsp3) is 0.294. The van der Waals surface area contributed by atoms with Crippen LogP contribution in [0.3, 0.4) is 0 Å². The van der Waals surface area contributed by atoms with Crippen LogP contribution in [0.4, 0.5) is 5.69 Å². The molecule has 25 heavy (non-hydrogen) atoms. The van der Waals surface area contributed by atoms with Crippen molar-refractivity contribution < 1.29 is 18.1 Å². The van der Waals surface area contributed by atoms with Gasteiger partial charge in [0.1, 0.15) is 12.4 Å². The highest BCUT2D eigenvalue weighted by Crippen LogP contribution is 2.25. The Morgan fingerprint density at radius 3 is 2.36 bits per heavy atom. The van der Waals surface area contributed by atoms with Crippen LogP contribution in [0.25, 0.3) is 0 Å². The third kappa shape index (κ3) is 5.01. The number of hydrogen-bond donors (Lipinski definition) is 1. The van der Waals surface area contributed by atoms with Crippen LogP contribution < -0.4 is 9.46 Å². The number of nitrogens with one attached hydrogen (secondary N) is 1. The molecular formula is C17H20N2O5S. The van der Waals surface area contributed by atoms with Crippen molar-refractivity contribution in [3.8, 4) is 5.75 Å². The summed E-state index contributed by atoms with van der Waals surface area (Å²) in [5, 5.41) is 10.6. The van der Waals surface area contributed by atoms with E-state index in [2.05, 4.69) is 18.6 Å². The zero-order valence-electron chi connectivity index (χ0n) is 14.0. The predicted octanol–water partition coefficient (Wildman–Crippen LogP) is 3.08. The summed E-state index contributed by atoms with van der Waals surface area (Å²) in [5.41, 5.74) is 0.897. The lowest BCUT2D eigenvalue weighted by Gasteiger charge is -2.14. The van der Waals surface area contributed by atoms with Crippen molar-refractivity contribution in [1.29, 1.82) is 0 Å². The number of nitrogens with zero attached hydrogens (tertiary/aromatic N) is 1. The molecule has 0 aliphatic rings. The maximum Gasteiger partial charge on any atom is 0.269 e. The van der Waals surface area contributed by atoms with Gasteiger partial charge in [-0.15, -0.1) is 0 Å². The molecule has 0 unspecified atom stereocenters. The van der Waals surface area contributed by atoms with Gasteiger partial charge >= 0.3 is 0 Å². The number of nitro groups is 1. The number of para-hydroxylation sites is 1. The van der Waals surface area contributed by atoms with Gasteiger partial charge in [0.05, 0.1) is 9.82 Å². The molecule has 134 valence electrons. The van der Waals surface area contributed by atoms with Crippen molar-refractivity contribution >= 4 is 15.7 Å². The van der Waals surface area contributed by atoms with Crippen LogP contribution >= 0.6 is 0 Å². The van der Waals surface area contributed by atoms with Gasteiger partial charge in [-0.1, -0.05) is 32.0 Å². The van der Waals surface area contributed by atoms with Crippen LogP contribution in [0.2, 0.25) is 0 Å². The van der Waals surface area contributed by atoms with Crippen molar-refractivity contribution in [2.24, 2.45) is 0 Å². The van der Waals surface area contributed by atoms with E-state index in [1.165, 1.54) is 12.1 Å². The topological polar surface area (TPSA) is 98.5 Å². The second kappa shape index (κ2) is 8.09. The van der Waals surface area contributed by atoms with Crippen LogP contribution in [0.5, 0.6) is 5.75 Å². The highest BCUT2D eigenvalue weighted by molar-refractivity contribution is 7.89. The third-order valence-corrected chi connectivity index (χ3v) is 5.03. The predicted molar refractivity (Wildman–Crippen MR) is 94.3 cm³/mol. The van der Waals surface area contributed by atoms with Gasteiger partial charge in [0, 0.05) is 18.7 Å². The molecule has 2 aromatic rings. The van der Waals surface area contributed by atoms with E-state index >= 15 is 0 Å². The largest absolute Gasteiger partial charge is 0.492 e. The van der Waals surface area contributed by atoms with E-state index in [1.54, 1.807) is 0 Å². The van der Waals surface area contributed by atoms with Gasteiger partial charge in [0.15, 0.2) is 0 Å². The first kappa shape index (κ1) is 18.9. The highest BCUT2D eigenvalue weighted by Gasteiger charge is 2.15. The molecule has 1 N–H and O–H groups in total. The maximum absolute atomic E-state index is 12.2. The molecular weight excluding hydrogens is 344 g/mol. The minimum atomic E-state index is -3.74. The Morgan fingerprint density at radius 1 is 1.12 bits per heavy atom. The van der Waals surface area contributed by atoms with E-state index in [-0.39, 0.29) is 23.7 Å². The lowest BCUT2D eigenvalue weighted by atomic mass is 10.0. The number of nitro benzene ring substituents is 1. The fourth-order valence-corrected chi connectivity index (χ4v) is 3.27. The van der Waals surface area contributed by atoms with Gasteiger partial charge in [-0.2, -0.15) is 0 Å². The summed E-state index contributed by atoms with van der Waals surface area (Å²) in [7, 11) is -3.74. The summed E-state index contributed by atoms with van der Waals surface area (Å²) in [6.07, 6.45) is 0. The molecule has 7 nitrogen and oxygen atoms in total. The van der Waals surface area contributed by atoms with Gasteiger partial charge in [-0.05, 0) is 29.7 Å². The second-order valence-electron chi connectivity index (χ2n) is 5.69. The van der Waals surface area contributed by atoms with E-state index in [4.69, 9.17) is 4.74 Å². The summed E-state index contributed by atoms with van der Waals surface area (Å²) in [6, 6.07) is 12.3. The lowest BCUT2D eigenvalue weighted by molar-refractivity contribution is -0.384. The molecule has 0 radical (unpaired) electrons. The number of hydrogen-bond acceptors (Lipinski definition) is 5. The first-order valence-corrected chi connectivity index (χ1v) is 9.25. The zero-order valence-corrected chi connectivity index (χ0v) is 14.8. The average Bonchev–Trinajstić information content (AvgIpc) is 2.59. The molecule has 0 saturated heterocycles. The molecule has 0 aromatic heterocycles. The van der Waals surface area contributed by atoms with Crippen LogP contribution in [0.15, 0.2) is 53.4 Å². The maximum atomic E-state index is 12.2. The molecule has 2 aromatic carbocycles. The SMILES string of the molecule is CC(C)c1ccccc1OCCNS(=O)(=O)c1ccc([N+](=O)[O-])cc1. The Kier molecular flexibility index (Phi) is 6.11. The number of ether oxygens (including phenoxy) is 1. The fourth-order valence-electron chi connectivity index (χ4n) is 2.26. The minimum absolute atomic E-state index is 0.0271. The minimum Gasteiger partial charge on any atom is -0.492 e. The molecule has 0 bridgehead atoms. The molecule has 2 rings (SSSR count). The molecule has 0 atom stereocenters. The van der Waals surface area contributed by atoms with E-state index in [0.29, 0.717) is 5.92 Å². The van der Waals surface area contributed by atoms with Crippen molar-refractivity contribution in [3.05, 3.63) is 64.2 Å². The van der Waals surface area contributed by atoms with Gasteiger partial charge in [0.2, 0.25) is 10.0 Å². The third-order valence-electron chi connectivity index (χ3n) is 3.55. The number of sulfonamides is 1. The summed E-state index contributed by atoms with van der Waals surface area (Å²) in [6.45, 7) is 4.38. The van der Waals surface area contributed by atoms with Crippen LogP contribution in [-0.2, 0) is 10.0 Å². The lowest BCUT2D eigenvalue weighted by Crippen LogP contribution is -2.28. The number of non-ortho nitro benzene ring substituents is 1. The molecule has 8 heteroatoms. The second-order valence-corrected chi connectivity index (χ2v) is 7.46. The van der Waals surface area contributed by atoms with Gasteiger partial charge < -0.3 is 4.74 Å². The van der Waals surface area contributed by atoms with Crippen molar-refractivity contribution in [3.63, 3.8) is 0 Å². The molecule has 0 amide bonds. The van der Waals surface area contributed by atoms with Crippen molar-refractivity contribution in [2.75, 3.05) is 13.2 Å². The molecule has 0 heterocycles. The first-order chi connectivity index (χ1) is 11.8.